The molecule has 5 nitrogen and oxygen atoms in total. The molecular formula is C10H9NO4S. The summed E-state index contributed by atoms with van der Waals surface area (Å²) in [4.78, 5) is 2.48. The molecule has 0 aliphatic rings. The number of benzene rings is 1. The van der Waals surface area contributed by atoms with Crippen LogP contribution in [-0.4, -0.2) is 18.1 Å². The highest BCUT2D eigenvalue weighted by atomic mass is 32.2. The van der Waals surface area contributed by atoms with Crippen LogP contribution in [0.5, 0.6) is 5.75 Å². The normalized spacial score (nSPS) is 11.9. The van der Waals surface area contributed by atoms with Gasteiger partial charge in [0, 0.05) is 13.0 Å². The number of H-pyrrole nitrogens is 1. The molecule has 0 spiro atoms. The highest BCUT2D eigenvalue weighted by Crippen LogP contribution is 2.26. The van der Waals surface area contributed by atoms with Crippen LogP contribution in [0.2, 0.25) is 0 Å². The van der Waals surface area contributed by atoms with Gasteiger partial charge in [0.25, 0.3) is 5.52 Å². The molecule has 0 unspecified atom stereocenters. The van der Waals surface area contributed by atoms with Gasteiger partial charge < -0.3 is 9.66 Å². The summed E-state index contributed by atoms with van der Waals surface area (Å²) in [6.45, 7) is 1.76. The maximum Gasteiger partial charge on any atom is 0.254 e. The molecule has 0 fully saturated rings. The van der Waals surface area contributed by atoms with Gasteiger partial charge in [-0.3, -0.25) is 0 Å². The Morgan fingerprint density at radius 1 is 1.25 bits per heavy atom. The molecule has 84 valence electrons. The number of aromatic nitrogens is 1. The molecule has 0 saturated heterocycles. The predicted molar refractivity (Wildman–Crippen MR) is 54.9 cm³/mol. The average molecular weight is 239 g/mol. The Hall–Kier alpha value is -1.66. The van der Waals surface area contributed by atoms with Crippen LogP contribution in [0, 0.1) is 6.92 Å². The maximum absolute atomic E-state index is 11.0. The van der Waals surface area contributed by atoms with Crippen LogP contribution in [0.1, 0.15) is 5.69 Å². The highest BCUT2D eigenvalue weighted by Gasteiger charge is 2.15. The first-order valence-corrected chi connectivity index (χ1v) is 5.91. The van der Waals surface area contributed by atoms with E-state index in [1.807, 2.05) is 0 Å². The zero-order valence-corrected chi connectivity index (χ0v) is 9.21. The molecule has 2 rings (SSSR count). The number of pyridine rings is 1. The van der Waals surface area contributed by atoms with E-state index in [0.717, 1.165) is 11.8 Å². The summed E-state index contributed by atoms with van der Waals surface area (Å²) in [7, 11) is -4.54. The summed E-state index contributed by atoms with van der Waals surface area (Å²) in [6, 6.07) is 5.41. The Morgan fingerprint density at radius 2 is 1.94 bits per heavy atom. The molecule has 6 heteroatoms. The Balaban J connectivity index is 2.96. The largest absolute Gasteiger partial charge is 0.744 e. The number of fused-ring (bicyclic) bond motifs is 1. The number of nitrogens with one attached hydrogen (secondary N) is 1. The second-order valence-corrected chi connectivity index (χ2v) is 4.82. The van der Waals surface area contributed by atoms with Crippen molar-refractivity contribution >= 4 is 21.0 Å². The first kappa shape index (κ1) is 10.8. The fourth-order valence-electron chi connectivity index (χ4n) is 1.55. The second kappa shape index (κ2) is 3.43. The fourth-order valence-corrected chi connectivity index (χ4v) is 2.23. The molecular weight excluding hydrogens is 230 g/mol. The molecule has 2 aromatic rings. The predicted octanol–water partition coefficient (Wildman–Crippen LogP) is 0.572. The number of phenolic OH excluding ortho intramolecular Hbond substituents is 1. The van der Waals surface area contributed by atoms with Gasteiger partial charge in [-0.05, 0) is 18.2 Å². The van der Waals surface area contributed by atoms with E-state index in [4.69, 9.17) is 0 Å². The van der Waals surface area contributed by atoms with Crippen LogP contribution in [0.3, 0.4) is 0 Å². The van der Waals surface area contributed by atoms with Crippen LogP contribution in [0.4, 0.5) is 0 Å². The molecule has 0 radical (unpaired) electrons. The molecule has 1 aromatic carbocycles. The summed E-state index contributed by atoms with van der Waals surface area (Å²) in [5.41, 5.74) is 1.00. The van der Waals surface area contributed by atoms with Crippen molar-refractivity contribution in [3.05, 3.63) is 30.0 Å². The third-order valence-electron chi connectivity index (χ3n) is 2.28. The van der Waals surface area contributed by atoms with Gasteiger partial charge in [-0.1, -0.05) is 0 Å². The lowest BCUT2D eigenvalue weighted by atomic mass is 10.2. The Bertz CT molecular complexity index is 664. The van der Waals surface area contributed by atoms with E-state index in [1.54, 1.807) is 13.0 Å². The summed E-state index contributed by atoms with van der Waals surface area (Å²) in [5.74, 6) is -0.0916. The van der Waals surface area contributed by atoms with Gasteiger partial charge in [-0.15, -0.1) is 0 Å². The first-order valence-electron chi connectivity index (χ1n) is 4.50. The van der Waals surface area contributed by atoms with E-state index < -0.39 is 10.1 Å². The topological polar surface area (TPSA) is 91.6 Å². The summed E-state index contributed by atoms with van der Waals surface area (Å²) in [6.07, 6.45) is 0. The lowest BCUT2D eigenvalue weighted by Crippen LogP contribution is -2.10. The molecule has 1 aromatic heterocycles. The number of aromatic amines is 1. The Labute approximate surface area is 92.1 Å². The number of hydrogen-bond donors (Lipinski definition) is 1. The maximum atomic E-state index is 11.0. The summed E-state index contributed by atoms with van der Waals surface area (Å²) >= 11 is 0. The number of phenols is 1. The van der Waals surface area contributed by atoms with Crippen LogP contribution in [0.15, 0.2) is 29.2 Å². The molecule has 0 saturated carbocycles. The molecule has 0 aliphatic carbocycles. The minimum atomic E-state index is -4.54. The van der Waals surface area contributed by atoms with Crippen molar-refractivity contribution < 1.29 is 23.1 Å². The van der Waals surface area contributed by atoms with Crippen molar-refractivity contribution in [3.8, 4) is 5.75 Å². The SMILES string of the molecule is Cc1ccc2c(S(=O)(=O)[O-])ccc(O)c2[nH+]1. The zero-order chi connectivity index (χ0) is 11.9. The van der Waals surface area contributed by atoms with Crippen molar-refractivity contribution in [2.45, 2.75) is 11.8 Å². The van der Waals surface area contributed by atoms with Gasteiger partial charge in [0.05, 0.1) is 10.3 Å². The van der Waals surface area contributed by atoms with Crippen molar-refractivity contribution in [1.29, 1.82) is 0 Å². The molecule has 2 N–H and O–H groups in total. The van der Waals surface area contributed by atoms with Gasteiger partial charge in [-0.25, -0.2) is 13.4 Å². The van der Waals surface area contributed by atoms with E-state index in [0.29, 0.717) is 0 Å². The number of rotatable bonds is 1. The van der Waals surface area contributed by atoms with E-state index >= 15 is 0 Å². The molecule has 0 bridgehead atoms. The van der Waals surface area contributed by atoms with Crippen molar-refractivity contribution in [3.63, 3.8) is 0 Å². The molecule has 0 atom stereocenters. The molecule has 0 amide bonds. The van der Waals surface area contributed by atoms with Gasteiger partial charge in [0.15, 0.2) is 11.4 Å². The van der Waals surface area contributed by atoms with Crippen molar-refractivity contribution in [2.24, 2.45) is 0 Å². The third-order valence-corrected chi connectivity index (χ3v) is 3.17. The smallest absolute Gasteiger partial charge is 0.254 e. The van der Waals surface area contributed by atoms with Crippen LogP contribution in [0.25, 0.3) is 10.9 Å². The Kier molecular flexibility index (Phi) is 2.32. The van der Waals surface area contributed by atoms with E-state index in [2.05, 4.69) is 4.98 Å². The quantitative estimate of drug-likeness (QED) is 0.736. The van der Waals surface area contributed by atoms with E-state index in [1.165, 1.54) is 12.1 Å². The van der Waals surface area contributed by atoms with Crippen molar-refractivity contribution in [1.82, 2.24) is 0 Å². The average Bonchev–Trinajstić information content (AvgIpc) is 2.17. The first-order chi connectivity index (χ1) is 7.39. The second-order valence-electron chi connectivity index (χ2n) is 3.47. The molecule has 16 heavy (non-hydrogen) atoms. The van der Waals surface area contributed by atoms with Crippen LogP contribution in [-0.2, 0) is 10.1 Å². The Morgan fingerprint density at radius 3 is 2.56 bits per heavy atom. The fraction of sp³-hybridized carbons (Fsp3) is 0.100. The van der Waals surface area contributed by atoms with Gasteiger partial charge in [0.1, 0.15) is 10.1 Å². The monoisotopic (exact) mass is 239 g/mol. The van der Waals surface area contributed by atoms with Crippen molar-refractivity contribution in [2.75, 3.05) is 0 Å². The molecule has 0 aliphatic heterocycles. The van der Waals surface area contributed by atoms with Gasteiger partial charge in [-0.2, -0.15) is 0 Å². The lowest BCUT2D eigenvalue weighted by Gasteiger charge is -2.08. The molecule has 1 heterocycles. The van der Waals surface area contributed by atoms with Gasteiger partial charge >= 0.3 is 0 Å². The summed E-state index contributed by atoms with van der Waals surface area (Å²) in [5, 5.41) is 9.75. The highest BCUT2D eigenvalue weighted by molar-refractivity contribution is 7.86. The minimum Gasteiger partial charge on any atom is -0.744 e. The van der Waals surface area contributed by atoms with Crippen LogP contribution < -0.4 is 4.98 Å². The lowest BCUT2D eigenvalue weighted by molar-refractivity contribution is -0.355. The number of aromatic hydroxyl groups is 1. The van der Waals surface area contributed by atoms with E-state index in [9.17, 15) is 18.1 Å². The standard InChI is InChI=1S/C10H9NO4S/c1-6-2-3-7-9(16(13,14)15)5-4-8(12)10(7)11-6/h2-5,12H,1H3,(H,13,14,15). The van der Waals surface area contributed by atoms with Crippen LogP contribution >= 0.6 is 0 Å². The third kappa shape index (κ3) is 1.72. The zero-order valence-electron chi connectivity index (χ0n) is 8.39. The minimum absolute atomic E-state index is 0.0916. The number of aryl methyl sites for hydroxylation is 1. The summed E-state index contributed by atoms with van der Waals surface area (Å²) < 4.78 is 33.0. The van der Waals surface area contributed by atoms with E-state index in [-0.39, 0.29) is 21.5 Å². The number of hydrogen-bond acceptors (Lipinski definition) is 4. The van der Waals surface area contributed by atoms with Gasteiger partial charge in [0.2, 0.25) is 0 Å².